The van der Waals surface area contributed by atoms with Crippen molar-refractivity contribution in [2.45, 2.75) is 71.5 Å². The van der Waals surface area contributed by atoms with E-state index in [-0.39, 0.29) is 0 Å². The highest BCUT2D eigenvalue weighted by Crippen LogP contribution is 2.13. The van der Waals surface area contributed by atoms with E-state index >= 15 is 0 Å². The number of carboxylic acid groups (broad SMARTS) is 1. The van der Waals surface area contributed by atoms with Gasteiger partial charge >= 0.3 is 5.97 Å². The van der Waals surface area contributed by atoms with Crippen LogP contribution in [0.1, 0.15) is 59.8 Å². The molecule has 0 aliphatic carbocycles. The molecule has 0 aromatic heterocycles. The van der Waals surface area contributed by atoms with E-state index in [0.29, 0.717) is 6.42 Å². The van der Waals surface area contributed by atoms with Crippen molar-refractivity contribution in [1.29, 1.82) is 0 Å². The summed E-state index contributed by atoms with van der Waals surface area (Å²) in [4.78, 5) is 20.9. The van der Waals surface area contributed by atoms with Crippen molar-refractivity contribution in [2.75, 3.05) is 0 Å². The van der Waals surface area contributed by atoms with E-state index in [1.165, 1.54) is 0 Å². The van der Waals surface area contributed by atoms with Gasteiger partial charge in [-0.25, -0.2) is 14.6 Å². The van der Waals surface area contributed by atoms with E-state index in [1.807, 2.05) is 20.8 Å². The van der Waals surface area contributed by atoms with Gasteiger partial charge in [-0.05, 0) is 27.2 Å². The quantitative estimate of drug-likeness (QED) is 0.397. The summed E-state index contributed by atoms with van der Waals surface area (Å²) in [5, 5.41) is 8.92. The molecule has 1 N–H and O–H groups in total. The molecule has 1 atom stereocenters. The zero-order chi connectivity index (χ0) is 12.6. The maximum atomic E-state index is 10.9. The Morgan fingerprint density at radius 3 is 2.31 bits per heavy atom. The Kier molecular flexibility index (Phi) is 7.34. The molecule has 0 aromatic rings. The summed E-state index contributed by atoms with van der Waals surface area (Å²) in [6, 6.07) is 0. The van der Waals surface area contributed by atoms with Gasteiger partial charge in [0, 0.05) is 0 Å². The summed E-state index contributed by atoms with van der Waals surface area (Å²) in [5.74, 6) is -0.958. The summed E-state index contributed by atoms with van der Waals surface area (Å²) in [5.41, 5.74) is -0.475. The fourth-order valence-electron chi connectivity index (χ4n) is 1.17. The van der Waals surface area contributed by atoms with Gasteiger partial charge < -0.3 is 5.11 Å². The lowest BCUT2D eigenvalue weighted by Crippen LogP contribution is -2.29. The van der Waals surface area contributed by atoms with E-state index in [0.717, 1.165) is 25.7 Å². The molecule has 0 aromatic carbocycles. The lowest BCUT2D eigenvalue weighted by atomic mass is 10.1. The Labute approximate surface area is 97.9 Å². The standard InChI is InChI=1S/C12H24O4/c1-5-6-7-8-9-10(11(13)14)15-16-12(2,3)4/h10H,5-9H2,1-4H3,(H,13,14). The smallest absolute Gasteiger partial charge is 0.336 e. The van der Waals surface area contributed by atoms with Crippen molar-refractivity contribution in [3.8, 4) is 0 Å². The Morgan fingerprint density at radius 2 is 1.88 bits per heavy atom. The van der Waals surface area contributed by atoms with Gasteiger partial charge in [-0.2, -0.15) is 0 Å². The summed E-state index contributed by atoms with van der Waals surface area (Å²) < 4.78 is 0. The zero-order valence-corrected chi connectivity index (χ0v) is 10.8. The molecule has 0 radical (unpaired) electrons. The first kappa shape index (κ1) is 15.4. The van der Waals surface area contributed by atoms with Crippen LogP contribution in [-0.4, -0.2) is 22.8 Å². The van der Waals surface area contributed by atoms with Gasteiger partial charge in [-0.3, -0.25) is 0 Å². The van der Waals surface area contributed by atoms with Gasteiger partial charge in [-0.1, -0.05) is 32.6 Å². The van der Waals surface area contributed by atoms with Crippen molar-refractivity contribution in [1.82, 2.24) is 0 Å². The van der Waals surface area contributed by atoms with E-state index in [1.54, 1.807) is 0 Å². The molecule has 0 saturated carbocycles. The maximum Gasteiger partial charge on any atom is 0.336 e. The lowest BCUT2D eigenvalue weighted by Gasteiger charge is -2.21. The molecule has 0 bridgehead atoms. The maximum absolute atomic E-state index is 10.9. The first-order chi connectivity index (χ1) is 7.37. The van der Waals surface area contributed by atoms with E-state index in [4.69, 9.17) is 14.9 Å². The number of hydrogen-bond acceptors (Lipinski definition) is 3. The summed E-state index contributed by atoms with van der Waals surface area (Å²) in [6.45, 7) is 7.59. The average molecular weight is 232 g/mol. The molecule has 0 fully saturated rings. The first-order valence-corrected chi connectivity index (χ1v) is 5.94. The molecule has 16 heavy (non-hydrogen) atoms. The van der Waals surface area contributed by atoms with Crippen LogP contribution >= 0.6 is 0 Å². The molecular weight excluding hydrogens is 208 g/mol. The number of unbranched alkanes of at least 4 members (excludes halogenated alkanes) is 3. The number of rotatable bonds is 8. The summed E-state index contributed by atoms with van der Waals surface area (Å²) in [7, 11) is 0. The predicted molar refractivity (Wildman–Crippen MR) is 62.1 cm³/mol. The van der Waals surface area contributed by atoms with Crippen LogP contribution in [0, 0.1) is 0 Å². The van der Waals surface area contributed by atoms with Gasteiger partial charge in [0.25, 0.3) is 0 Å². The largest absolute Gasteiger partial charge is 0.479 e. The van der Waals surface area contributed by atoms with Gasteiger partial charge in [0.2, 0.25) is 0 Å². The first-order valence-electron chi connectivity index (χ1n) is 5.94. The van der Waals surface area contributed by atoms with Crippen LogP contribution in [0.25, 0.3) is 0 Å². The third-order valence-corrected chi connectivity index (χ3v) is 2.01. The third-order valence-electron chi connectivity index (χ3n) is 2.01. The molecule has 0 spiro atoms. The Balaban J connectivity index is 3.85. The highest BCUT2D eigenvalue weighted by atomic mass is 17.2. The van der Waals surface area contributed by atoms with Gasteiger partial charge in [0.05, 0.1) is 5.60 Å². The van der Waals surface area contributed by atoms with Crippen molar-refractivity contribution >= 4 is 5.97 Å². The predicted octanol–water partition coefficient (Wildman–Crippen LogP) is 3.16. The SMILES string of the molecule is CCCCCCC(OOC(C)(C)C)C(=O)O. The summed E-state index contributed by atoms with van der Waals surface area (Å²) >= 11 is 0. The Morgan fingerprint density at radius 1 is 1.25 bits per heavy atom. The topological polar surface area (TPSA) is 55.8 Å². The second-order valence-electron chi connectivity index (χ2n) is 4.97. The Bertz CT molecular complexity index is 196. The number of carbonyl (C=O) groups is 1. The minimum Gasteiger partial charge on any atom is -0.479 e. The zero-order valence-electron chi connectivity index (χ0n) is 10.8. The lowest BCUT2D eigenvalue weighted by molar-refractivity contribution is -0.368. The summed E-state index contributed by atoms with van der Waals surface area (Å²) in [6.07, 6.45) is 3.82. The van der Waals surface area contributed by atoms with Crippen LogP contribution in [0.2, 0.25) is 0 Å². The molecular formula is C12H24O4. The van der Waals surface area contributed by atoms with Gasteiger partial charge in [-0.15, -0.1) is 0 Å². The molecule has 0 aliphatic rings. The van der Waals surface area contributed by atoms with Crippen LogP contribution in [0.4, 0.5) is 0 Å². The molecule has 0 aliphatic heterocycles. The average Bonchev–Trinajstić information content (AvgIpc) is 2.14. The monoisotopic (exact) mass is 232 g/mol. The highest BCUT2D eigenvalue weighted by molar-refractivity contribution is 5.72. The molecule has 96 valence electrons. The van der Waals surface area contributed by atoms with Crippen molar-refractivity contribution in [2.24, 2.45) is 0 Å². The molecule has 4 nitrogen and oxygen atoms in total. The normalized spacial score (nSPS) is 13.8. The van der Waals surface area contributed by atoms with Crippen molar-refractivity contribution < 1.29 is 19.7 Å². The van der Waals surface area contributed by atoms with Gasteiger partial charge in [0.15, 0.2) is 6.10 Å². The molecule has 0 rings (SSSR count). The van der Waals surface area contributed by atoms with Crippen LogP contribution in [0.3, 0.4) is 0 Å². The molecule has 0 amide bonds. The van der Waals surface area contributed by atoms with Gasteiger partial charge in [0.1, 0.15) is 0 Å². The Hall–Kier alpha value is -0.610. The second-order valence-corrected chi connectivity index (χ2v) is 4.97. The minimum absolute atomic E-state index is 0.475. The second kappa shape index (κ2) is 7.63. The number of hydrogen-bond donors (Lipinski definition) is 1. The third kappa shape index (κ3) is 8.68. The van der Waals surface area contributed by atoms with Crippen LogP contribution in [0.5, 0.6) is 0 Å². The molecule has 1 unspecified atom stereocenters. The van der Waals surface area contributed by atoms with Crippen LogP contribution in [0.15, 0.2) is 0 Å². The van der Waals surface area contributed by atoms with Crippen LogP contribution < -0.4 is 0 Å². The van der Waals surface area contributed by atoms with Crippen LogP contribution in [-0.2, 0) is 14.6 Å². The minimum atomic E-state index is -0.958. The number of aliphatic carboxylic acids is 1. The van der Waals surface area contributed by atoms with E-state index in [9.17, 15) is 4.79 Å². The van der Waals surface area contributed by atoms with Crippen molar-refractivity contribution in [3.05, 3.63) is 0 Å². The number of carboxylic acids is 1. The molecule has 0 saturated heterocycles. The van der Waals surface area contributed by atoms with E-state index < -0.39 is 17.7 Å². The highest BCUT2D eigenvalue weighted by Gasteiger charge is 2.22. The fraction of sp³-hybridized carbons (Fsp3) is 0.917. The van der Waals surface area contributed by atoms with E-state index in [2.05, 4.69) is 6.92 Å². The molecule has 4 heteroatoms. The van der Waals surface area contributed by atoms with Crippen molar-refractivity contribution in [3.63, 3.8) is 0 Å². The fourth-order valence-corrected chi connectivity index (χ4v) is 1.17. The molecule has 0 heterocycles.